The number of rotatable bonds is 6. The zero-order valence-corrected chi connectivity index (χ0v) is 14.4. The lowest BCUT2D eigenvalue weighted by atomic mass is 9.75. The molecular weight excluding hydrogens is 339 g/mol. The van der Waals surface area contributed by atoms with E-state index in [4.69, 9.17) is 4.74 Å². The Morgan fingerprint density at radius 3 is 2.77 bits per heavy atom. The standard InChI is InChI=1S/C19H21FN2O4/c1-26-17-3-2-12(9-15(17)20)18(13-7-14(24)8-13)22-19(25)16-6-11(10-23)4-5-21-16/h2-6,9,13-14,18,23-24H,7-8,10H2,1H3,(H,22,25)/t13?,14?,18-/m1/s1. The van der Waals surface area contributed by atoms with Crippen molar-refractivity contribution in [3.05, 3.63) is 59.2 Å². The van der Waals surface area contributed by atoms with Gasteiger partial charge < -0.3 is 20.3 Å². The third kappa shape index (κ3) is 3.84. The second kappa shape index (κ2) is 7.80. The van der Waals surface area contributed by atoms with Crippen molar-refractivity contribution in [2.75, 3.05) is 7.11 Å². The van der Waals surface area contributed by atoms with Crippen LogP contribution in [0, 0.1) is 11.7 Å². The number of aromatic nitrogens is 1. The zero-order chi connectivity index (χ0) is 18.7. The fourth-order valence-electron chi connectivity index (χ4n) is 3.16. The maximum atomic E-state index is 14.1. The minimum absolute atomic E-state index is 0.00256. The molecule has 1 aliphatic rings. The Bertz CT molecular complexity index is 793. The second-order valence-corrected chi connectivity index (χ2v) is 6.44. The summed E-state index contributed by atoms with van der Waals surface area (Å²) in [6.45, 7) is -0.190. The number of aliphatic hydroxyl groups excluding tert-OH is 2. The largest absolute Gasteiger partial charge is 0.494 e. The molecule has 1 saturated carbocycles. The normalized spacial score (nSPS) is 20.2. The van der Waals surface area contributed by atoms with Gasteiger partial charge in [-0.05, 0) is 54.2 Å². The minimum atomic E-state index is -0.510. The van der Waals surface area contributed by atoms with Gasteiger partial charge in [-0.3, -0.25) is 9.78 Å². The van der Waals surface area contributed by atoms with Gasteiger partial charge in [0.1, 0.15) is 5.69 Å². The van der Waals surface area contributed by atoms with Gasteiger partial charge in [-0.1, -0.05) is 6.07 Å². The first-order valence-electron chi connectivity index (χ1n) is 8.40. The van der Waals surface area contributed by atoms with E-state index in [1.54, 1.807) is 12.1 Å². The third-order valence-corrected chi connectivity index (χ3v) is 4.68. The number of amides is 1. The number of benzene rings is 1. The first kappa shape index (κ1) is 18.3. The number of halogens is 1. The number of carbonyl (C=O) groups excluding carboxylic acids is 1. The number of ether oxygens (including phenoxy) is 1. The van der Waals surface area contributed by atoms with Crippen molar-refractivity contribution in [2.24, 2.45) is 5.92 Å². The van der Waals surface area contributed by atoms with Crippen LogP contribution in [0.4, 0.5) is 4.39 Å². The molecular formula is C19H21FN2O4. The molecule has 0 unspecified atom stereocenters. The summed E-state index contributed by atoms with van der Waals surface area (Å²) in [5.41, 5.74) is 1.36. The summed E-state index contributed by atoms with van der Waals surface area (Å²) in [4.78, 5) is 16.6. The van der Waals surface area contributed by atoms with Gasteiger partial charge in [-0.15, -0.1) is 0 Å². The van der Waals surface area contributed by atoms with Crippen LogP contribution < -0.4 is 10.1 Å². The molecule has 1 aliphatic carbocycles. The highest BCUT2D eigenvalue weighted by Crippen LogP contribution is 2.39. The molecule has 3 N–H and O–H groups in total. The predicted molar refractivity (Wildman–Crippen MR) is 92.0 cm³/mol. The van der Waals surface area contributed by atoms with E-state index >= 15 is 0 Å². The van der Waals surface area contributed by atoms with Crippen LogP contribution in [-0.2, 0) is 6.61 Å². The zero-order valence-electron chi connectivity index (χ0n) is 14.4. The van der Waals surface area contributed by atoms with Crippen LogP contribution in [0.15, 0.2) is 36.5 Å². The smallest absolute Gasteiger partial charge is 0.270 e. The summed E-state index contributed by atoms with van der Waals surface area (Å²) in [6.07, 6.45) is 2.11. The number of aliphatic hydroxyl groups is 2. The fraction of sp³-hybridized carbons (Fsp3) is 0.368. The molecule has 26 heavy (non-hydrogen) atoms. The SMILES string of the molecule is COc1ccc([C@@H](NC(=O)c2cc(CO)ccn2)C2CC(O)C2)cc1F. The van der Waals surface area contributed by atoms with Gasteiger partial charge >= 0.3 is 0 Å². The quantitative estimate of drug-likeness (QED) is 0.733. The van der Waals surface area contributed by atoms with Crippen LogP contribution in [0.1, 0.15) is 40.5 Å². The van der Waals surface area contributed by atoms with Gasteiger partial charge in [0.15, 0.2) is 11.6 Å². The van der Waals surface area contributed by atoms with Crippen molar-refractivity contribution < 1.29 is 24.1 Å². The number of hydrogen-bond acceptors (Lipinski definition) is 5. The summed E-state index contributed by atoms with van der Waals surface area (Å²) in [5.74, 6) is -0.792. The lowest BCUT2D eigenvalue weighted by Crippen LogP contribution is -2.41. The van der Waals surface area contributed by atoms with Gasteiger partial charge in [0.25, 0.3) is 5.91 Å². The van der Waals surface area contributed by atoms with Crippen molar-refractivity contribution >= 4 is 5.91 Å². The first-order valence-corrected chi connectivity index (χ1v) is 8.40. The van der Waals surface area contributed by atoms with Gasteiger partial charge in [0.05, 0.1) is 25.9 Å². The summed E-state index contributed by atoms with van der Waals surface area (Å²) < 4.78 is 19.0. The number of methoxy groups -OCH3 is 1. The maximum absolute atomic E-state index is 14.1. The fourth-order valence-corrected chi connectivity index (χ4v) is 3.16. The van der Waals surface area contributed by atoms with Crippen LogP contribution in [0.3, 0.4) is 0 Å². The van der Waals surface area contributed by atoms with Crippen LogP contribution in [0.5, 0.6) is 5.75 Å². The van der Waals surface area contributed by atoms with Gasteiger partial charge in [0.2, 0.25) is 0 Å². The highest BCUT2D eigenvalue weighted by atomic mass is 19.1. The van der Waals surface area contributed by atoms with Crippen LogP contribution in [0.25, 0.3) is 0 Å². The highest BCUT2D eigenvalue weighted by molar-refractivity contribution is 5.92. The Hall–Kier alpha value is -2.51. The van der Waals surface area contributed by atoms with Crippen LogP contribution in [-0.4, -0.2) is 34.3 Å². The molecule has 6 nitrogen and oxygen atoms in total. The Labute approximate surface area is 150 Å². The van der Waals surface area contributed by atoms with E-state index in [2.05, 4.69) is 10.3 Å². The summed E-state index contributed by atoms with van der Waals surface area (Å²) in [6, 6.07) is 7.24. The molecule has 138 valence electrons. The van der Waals surface area contributed by atoms with Crippen molar-refractivity contribution in [1.29, 1.82) is 0 Å². The van der Waals surface area contributed by atoms with Crippen LogP contribution in [0.2, 0.25) is 0 Å². The van der Waals surface area contributed by atoms with Gasteiger partial charge in [-0.2, -0.15) is 0 Å². The Kier molecular flexibility index (Phi) is 5.49. The van der Waals surface area contributed by atoms with Gasteiger partial charge in [-0.25, -0.2) is 4.39 Å². The molecule has 1 atom stereocenters. The summed E-state index contributed by atoms with van der Waals surface area (Å²) >= 11 is 0. The van der Waals surface area contributed by atoms with Crippen molar-refractivity contribution in [3.63, 3.8) is 0 Å². The third-order valence-electron chi connectivity index (χ3n) is 4.68. The Morgan fingerprint density at radius 1 is 1.38 bits per heavy atom. The summed E-state index contributed by atoms with van der Waals surface area (Å²) in [5, 5.41) is 21.7. The lowest BCUT2D eigenvalue weighted by molar-refractivity contribution is 0.0234. The molecule has 0 bridgehead atoms. The van der Waals surface area contributed by atoms with Gasteiger partial charge in [0, 0.05) is 6.20 Å². The van der Waals surface area contributed by atoms with Crippen molar-refractivity contribution in [2.45, 2.75) is 31.6 Å². The molecule has 0 radical (unpaired) electrons. The predicted octanol–water partition coefficient (Wildman–Crippen LogP) is 1.96. The molecule has 2 aromatic rings. The molecule has 1 heterocycles. The van der Waals surface area contributed by atoms with E-state index < -0.39 is 23.9 Å². The Balaban J connectivity index is 1.84. The van der Waals surface area contributed by atoms with E-state index in [1.165, 1.54) is 31.5 Å². The molecule has 1 aromatic carbocycles. The monoisotopic (exact) mass is 360 g/mol. The van der Waals surface area contributed by atoms with E-state index in [9.17, 15) is 19.4 Å². The highest BCUT2D eigenvalue weighted by Gasteiger charge is 2.36. The van der Waals surface area contributed by atoms with Crippen molar-refractivity contribution in [1.82, 2.24) is 10.3 Å². The molecule has 1 fully saturated rings. The van der Waals surface area contributed by atoms with E-state index in [1.807, 2.05) is 0 Å². The van der Waals surface area contributed by atoms with Crippen molar-refractivity contribution in [3.8, 4) is 5.75 Å². The molecule has 1 amide bonds. The number of nitrogens with one attached hydrogen (secondary N) is 1. The van der Waals surface area contributed by atoms with E-state index in [0.717, 1.165) is 0 Å². The van der Waals surface area contributed by atoms with Crippen LogP contribution >= 0.6 is 0 Å². The average molecular weight is 360 g/mol. The van der Waals surface area contributed by atoms with E-state index in [0.29, 0.717) is 24.0 Å². The molecule has 3 rings (SSSR count). The molecule has 0 aliphatic heterocycles. The molecule has 7 heteroatoms. The average Bonchev–Trinajstić information content (AvgIpc) is 2.63. The number of hydrogen-bond donors (Lipinski definition) is 3. The summed E-state index contributed by atoms with van der Waals surface area (Å²) in [7, 11) is 1.39. The number of pyridine rings is 1. The molecule has 1 aromatic heterocycles. The maximum Gasteiger partial charge on any atom is 0.270 e. The van der Waals surface area contributed by atoms with E-state index in [-0.39, 0.29) is 24.0 Å². The minimum Gasteiger partial charge on any atom is -0.494 e. The first-order chi connectivity index (χ1) is 12.5. The number of nitrogens with zero attached hydrogens (tertiary/aromatic N) is 1. The number of carbonyl (C=O) groups is 1. The Morgan fingerprint density at radius 2 is 2.15 bits per heavy atom. The lowest BCUT2D eigenvalue weighted by Gasteiger charge is -2.38. The molecule has 0 spiro atoms. The molecule has 0 saturated heterocycles. The second-order valence-electron chi connectivity index (χ2n) is 6.44. The topological polar surface area (TPSA) is 91.7 Å².